The van der Waals surface area contributed by atoms with Crippen molar-refractivity contribution in [1.82, 2.24) is 0 Å². The highest BCUT2D eigenvalue weighted by Gasteiger charge is 1.98. The lowest BCUT2D eigenvalue weighted by Gasteiger charge is -2.05. The molecule has 2 aromatic rings. The summed E-state index contributed by atoms with van der Waals surface area (Å²) in [5.41, 5.74) is 0. The van der Waals surface area contributed by atoms with Crippen LogP contribution in [0.3, 0.4) is 0 Å². The molecule has 0 aromatic heterocycles. The van der Waals surface area contributed by atoms with Crippen LogP contribution < -0.4 is 0 Å². The molecule has 3 saturated carbocycles. The molecule has 252 valence electrons. The van der Waals surface area contributed by atoms with Crippen molar-refractivity contribution in [3.05, 3.63) is 60.7 Å². The molecule has 3 aliphatic rings. The van der Waals surface area contributed by atoms with Gasteiger partial charge < -0.3 is 10.2 Å². The lowest BCUT2D eigenvalue weighted by Crippen LogP contribution is -1.85. The number of hydrogen-bond acceptors (Lipinski definition) is 2. The van der Waals surface area contributed by atoms with Crippen LogP contribution in [0.5, 0.6) is 11.5 Å². The highest BCUT2D eigenvalue weighted by Crippen LogP contribution is 2.17. The van der Waals surface area contributed by atoms with Gasteiger partial charge in [0, 0.05) is 0 Å². The van der Waals surface area contributed by atoms with Gasteiger partial charge in [0.15, 0.2) is 0 Å². The van der Waals surface area contributed by atoms with Crippen molar-refractivity contribution in [3.8, 4) is 11.5 Å². The molecule has 0 spiro atoms. The van der Waals surface area contributed by atoms with Crippen LogP contribution in [0.2, 0.25) is 0 Å². The summed E-state index contributed by atoms with van der Waals surface area (Å²) >= 11 is 0. The Morgan fingerprint density at radius 2 is 0.318 bits per heavy atom. The maximum atomic E-state index is 8.63. The van der Waals surface area contributed by atoms with Crippen molar-refractivity contribution in [1.29, 1.82) is 0 Å². The molecule has 2 N–H and O–H groups in total. The van der Waals surface area contributed by atoms with Crippen LogP contribution in [0.1, 0.15) is 193 Å². The summed E-state index contributed by atoms with van der Waals surface area (Å²) in [4.78, 5) is 0. The first-order chi connectivity index (χ1) is 21.8. The first-order valence-corrected chi connectivity index (χ1v) is 19.3. The van der Waals surface area contributed by atoms with Crippen LogP contribution in [-0.4, -0.2) is 10.2 Å². The van der Waals surface area contributed by atoms with Crippen molar-refractivity contribution >= 4 is 0 Å². The maximum Gasteiger partial charge on any atom is 0.115 e. The minimum Gasteiger partial charge on any atom is -0.508 e. The highest BCUT2D eigenvalue weighted by molar-refractivity contribution is 5.19. The summed E-state index contributed by atoms with van der Waals surface area (Å²) in [6, 6.07) is 17.4. The Kier molecular flexibility index (Phi) is 30.9. The first-order valence-electron chi connectivity index (χ1n) is 19.3. The highest BCUT2D eigenvalue weighted by atomic mass is 16.3. The van der Waals surface area contributed by atoms with Crippen LogP contribution in [0.4, 0.5) is 0 Å². The zero-order valence-corrected chi connectivity index (χ0v) is 28.9. The van der Waals surface area contributed by atoms with Crippen LogP contribution in [0.15, 0.2) is 60.7 Å². The van der Waals surface area contributed by atoms with Crippen LogP contribution in [-0.2, 0) is 0 Å². The third-order valence-electron chi connectivity index (χ3n) is 9.01. The van der Waals surface area contributed by atoms with E-state index in [0.717, 1.165) is 0 Å². The Morgan fingerprint density at radius 3 is 0.386 bits per heavy atom. The molecule has 0 heterocycles. The van der Waals surface area contributed by atoms with E-state index < -0.39 is 0 Å². The van der Waals surface area contributed by atoms with Gasteiger partial charge in [0.2, 0.25) is 0 Å². The number of phenols is 2. The van der Waals surface area contributed by atoms with E-state index in [4.69, 9.17) is 10.2 Å². The van der Waals surface area contributed by atoms with E-state index in [-0.39, 0.29) is 0 Å². The SMILES string of the molecule is C1CCCCCCCCC1.C1CCCCCCCCC1.C1CCCCCCCCC1.Oc1ccccc1.Oc1ccccc1. The summed E-state index contributed by atoms with van der Waals surface area (Å²) in [5.74, 6) is 0.644. The van der Waals surface area contributed by atoms with E-state index >= 15 is 0 Å². The summed E-state index contributed by atoms with van der Waals surface area (Å²) in [5, 5.41) is 17.3. The van der Waals surface area contributed by atoms with Gasteiger partial charge in [-0.25, -0.2) is 0 Å². The zero-order chi connectivity index (χ0) is 31.4. The van der Waals surface area contributed by atoms with Crippen molar-refractivity contribution in [3.63, 3.8) is 0 Å². The number of aromatic hydroxyl groups is 2. The summed E-state index contributed by atoms with van der Waals surface area (Å²) in [6.07, 6.45) is 45.0. The second-order valence-electron chi connectivity index (χ2n) is 13.3. The molecule has 0 atom stereocenters. The fourth-order valence-corrected chi connectivity index (χ4v) is 6.16. The average Bonchev–Trinajstić information content (AvgIpc) is 3.07. The number of benzene rings is 2. The number of phenolic OH excluding ortho intramolecular Hbond substituents is 2. The first kappa shape index (κ1) is 40.1. The van der Waals surface area contributed by atoms with Crippen LogP contribution in [0, 0.1) is 0 Å². The topological polar surface area (TPSA) is 40.5 Å². The van der Waals surface area contributed by atoms with E-state index in [1.165, 1.54) is 193 Å². The summed E-state index contributed by atoms with van der Waals surface area (Å²) in [6.45, 7) is 0. The molecule has 0 saturated heterocycles. The van der Waals surface area contributed by atoms with Gasteiger partial charge in [-0.3, -0.25) is 0 Å². The predicted molar refractivity (Wildman–Crippen MR) is 195 cm³/mol. The van der Waals surface area contributed by atoms with E-state index in [1.54, 1.807) is 48.5 Å². The largest absolute Gasteiger partial charge is 0.508 e. The molecule has 5 rings (SSSR count). The van der Waals surface area contributed by atoms with Crippen molar-refractivity contribution in [2.45, 2.75) is 193 Å². The van der Waals surface area contributed by atoms with Gasteiger partial charge in [-0.15, -0.1) is 0 Å². The minimum atomic E-state index is 0.322. The Morgan fingerprint density at radius 1 is 0.205 bits per heavy atom. The predicted octanol–water partition coefficient (Wildman–Crippen LogP) is 14.5. The summed E-state index contributed by atoms with van der Waals surface area (Å²) in [7, 11) is 0. The van der Waals surface area contributed by atoms with E-state index in [9.17, 15) is 0 Å². The standard InChI is InChI=1S/3C10H20.2C6H6O/c3*1-2-4-6-8-10-9-7-5-3-1;2*7-6-4-2-1-3-5-6/h3*1-10H2;2*1-5,7H. The minimum absolute atomic E-state index is 0.322. The summed E-state index contributed by atoms with van der Waals surface area (Å²) < 4.78 is 0. The van der Waals surface area contributed by atoms with Crippen LogP contribution in [0.25, 0.3) is 0 Å². The third kappa shape index (κ3) is 31.5. The normalized spacial score (nSPS) is 19.1. The average molecular weight is 609 g/mol. The number of rotatable bonds is 0. The van der Waals surface area contributed by atoms with Crippen molar-refractivity contribution in [2.75, 3.05) is 0 Å². The molecule has 44 heavy (non-hydrogen) atoms. The fourth-order valence-electron chi connectivity index (χ4n) is 6.16. The molecule has 0 bridgehead atoms. The number of para-hydroxylation sites is 2. The zero-order valence-electron chi connectivity index (χ0n) is 28.9. The molecule has 0 aliphatic heterocycles. The quantitative estimate of drug-likeness (QED) is 0.312. The smallest absolute Gasteiger partial charge is 0.115 e. The molecule has 0 amide bonds. The molecule has 2 heteroatoms. The Labute approximate surface area is 274 Å². The van der Waals surface area contributed by atoms with Gasteiger partial charge in [0.25, 0.3) is 0 Å². The molecule has 3 aliphatic carbocycles. The second kappa shape index (κ2) is 33.9. The third-order valence-corrected chi connectivity index (χ3v) is 9.01. The Hall–Kier alpha value is -1.96. The van der Waals surface area contributed by atoms with Crippen molar-refractivity contribution < 1.29 is 10.2 Å². The molecular weight excluding hydrogens is 536 g/mol. The molecular formula is C42H72O2. The molecule has 2 aromatic carbocycles. The number of hydrogen-bond donors (Lipinski definition) is 2. The molecule has 3 fully saturated rings. The Balaban J connectivity index is 0.000000277. The lowest BCUT2D eigenvalue weighted by atomic mass is 10.0. The van der Waals surface area contributed by atoms with E-state index in [2.05, 4.69) is 0 Å². The monoisotopic (exact) mass is 609 g/mol. The van der Waals surface area contributed by atoms with Gasteiger partial charge in [0.05, 0.1) is 0 Å². The van der Waals surface area contributed by atoms with Gasteiger partial charge in [-0.2, -0.15) is 0 Å². The Bertz CT molecular complexity index is 590. The van der Waals surface area contributed by atoms with Gasteiger partial charge >= 0.3 is 0 Å². The maximum absolute atomic E-state index is 8.63. The molecule has 2 nitrogen and oxygen atoms in total. The van der Waals surface area contributed by atoms with Gasteiger partial charge in [-0.05, 0) is 24.3 Å². The molecule has 0 unspecified atom stereocenters. The second-order valence-corrected chi connectivity index (χ2v) is 13.3. The van der Waals surface area contributed by atoms with Crippen molar-refractivity contribution in [2.24, 2.45) is 0 Å². The lowest BCUT2D eigenvalue weighted by molar-refractivity contribution is 0.475. The van der Waals surface area contributed by atoms with Crippen LogP contribution >= 0.6 is 0 Å². The van der Waals surface area contributed by atoms with Gasteiger partial charge in [0.1, 0.15) is 11.5 Å². The molecule has 0 radical (unpaired) electrons. The van der Waals surface area contributed by atoms with E-state index in [0.29, 0.717) is 11.5 Å². The van der Waals surface area contributed by atoms with Gasteiger partial charge in [-0.1, -0.05) is 229 Å². The fraction of sp³-hybridized carbons (Fsp3) is 0.714. The van der Waals surface area contributed by atoms with E-state index in [1.807, 2.05) is 12.1 Å².